The molecule has 2 N–H and O–H groups in total. The third-order valence-corrected chi connectivity index (χ3v) is 3.11. The highest BCUT2D eigenvalue weighted by molar-refractivity contribution is 5.77. The molecule has 0 spiro atoms. The van der Waals surface area contributed by atoms with Crippen molar-refractivity contribution in [1.82, 2.24) is 10.5 Å². The van der Waals surface area contributed by atoms with Crippen LogP contribution < -0.4 is 10.1 Å². The number of carbonyl (C=O) groups is 1. The highest BCUT2D eigenvalue weighted by atomic mass is 16.5. The lowest BCUT2D eigenvalue weighted by atomic mass is 10.0. The second-order valence-electron chi connectivity index (χ2n) is 4.77. The van der Waals surface area contributed by atoms with Crippen LogP contribution in [-0.4, -0.2) is 34.9 Å². The van der Waals surface area contributed by atoms with E-state index in [-0.39, 0.29) is 19.1 Å². The van der Waals surface area contributed by atoms with Crippen LogP contribution in [-0.2, 0) is 4.79 Å². The zero-order valence-electron chi connectivity index (χ0n) is 10.4. The van der Waals surface area contributed by atoms with Crippen LogP contribution in [0.25, 0.3) is 0 Å². The van der Waals surface area contributed by atoms with Crippen LogP contribution >= 0.6 is 0 Å². The van der Waals surface area contributed by atoms with E-state index in [0.717, 1.165) is 25.7 Å². The molecule has 0 aliphatic heterocycles. The van der Waals surface area contributed by atoms with Crippen molar-refractivity contribution >= 4 is 5.91 Å². The highest BCUT2D eigenvalue weighted by Gasteiger charge is 2.31. The van der Waals surface area contributed by atoms with Crippen molar-refractivity contribution in [1.29, 1.82) is 0 Å². The summed E-state index contributed by atoms with van der Waals surface area (Å²) in [5, 5.41) is 16.3. The number of ether oxygens (including phenoxy) is 1. The van der Waals surface area contributed by atoms with Crippen LogP contribution in [0.5, 0.6) is 5.88 Å². The van der Waals surface area contributed by atoms with Crippen LogP contribution in [0.15, 0.2) is 10.6 Å². The quantitative estimate of drug-likeness (QED) is 0.811. The van der Waals surface area contributed by atoms with E-state index in [2.05, 4.69) is 10.5 Å². The Kier molecular flexibility index (Phi) is 3.86. The maximum atomic E-state index is 11.5. The average Bonchev–Trinajstić information content (AvgIpc) is 2.94. The smallest absolute Gasteiger partial charge is 0.258 e. The number of amides is 1. The largest absolute Gasteiger partial charge is 0.465 e. The first-order valence-electron chi connectivity index (χ1n) is 6.13. The Morgan fingerprint density at radius 3 is 2.94 bits per heavy atom. The summed E-state index contributed by atoms with van der Waals surface area (Å²) >= 11 is 0. The fourth-order valence-corrected chi connectivity index (χ4v) is 2.08. The standard InChI is InChI=1S/C12H18N2O4/c1-9-6-11(14-18-9)17-7-10(15)13-8-12(16)4-2-3-5-12/h6,16H,2-5,7-8H2,1H3,(H,13,15). The van der Waals surface area contributed by atoms with Gasteiger partial charge in [0, 0.05) is 12.6 Å². The van der Waals surface area contributed by atoms with Crippen LogP contribution in [0.4, 0.5) is 0 Å². The number of hydrogen-bond acceptors (Lipinski definition) is 5. The number of hydrogen-bond donors (Lipinski definition) is 2. The molecule has 1 aliphatic carbocycles. The molecule has 18 heavy (non-hydrogen) atoms. The number of nitrogens with one attached hydrogen (secondary N) is 1. The molecule has 0 aromatic carbocycles. The first-order chi connectivity index (χ1) is 8.57. The van der Waals surface area contributed by atoms with Gasteiger partial charge in [0.05, 0.1) is 5.60 Å². The van der Waals surface area contributed by atoms with Gasteiger partial charge in [-0.3, -0.25) is 4.79 Å². The van der Waals surface area contributed by atoms with Crippen LogP contribution in [0.1, 0.15) is 31.4 Å². The van der Waals surface area contributed by atoms with Crippen LogP contribution in [0.3, 0.4) is 0 Å². The Morgan fingerprint density at radius 2 is 2.33 bits per heavy atom. The van der Waals surface area contributed by atoms with E-state index in [0.29, 0.717) is 11.6 Å². The second kappa shape index (κ2) is 5.39. The Morgan fingerprint density at radius 1 is 1.61 bits per heavy atom. The molecule has 1 fully saturated rings. The monoisotopic (exact) mass is 254 g/mol. The molecule has 6 nitrogen and oxygen atoms in total. The number of nitrogens with zero attached hydrogens (tertiary/aromatic N) is 1. The molecule has 6 heteroatoms. The molecule has 1 aliphatic rings. The summed E-state index contributed by atoms with van der Waals surface area (Å²) < 4.78 is 9.95. The van der Waals surface area contributed by atoms with Crippen molar-refractivity contribution in [3.8, 4) is 5.88 Å². The number of aliphatic hydroxyl groups is 1. The summed E-state index contributed by atoms with van der Waals surface area (Å²) in [6.07, 6.45) is 3.52. The zero-order chi connectivity index (χ0) is 13.0. The first kappa shape index (κ1) is 12.9. The number of rotatable bonds is 5. The highest BCUT2D eigenvalue weighted by Crippen LogP contribution is 2.28. The molecule has 0 bridgehead atoms. The minimum absolute atomic E-state index is 0.123. The van der Waals surface area contributed by atoms with Gasteiger partial charge in [-0.2, -0.15) is 0 Å². The lowest BCUT2D eigenvalue weighted by Gasteiger charge is -2.22. The Hall–Kier alpha value is -1.56. The summed E-state index contributed by atoms with van der Waals surface area (Å²) in [5.74, 6) is 0.656. The molecule has 1 aromatic rings. The van der Waals surface area contributed by atoms with Gasteiger partial charge in [-0.25, -0.2) is 0 Å². The lowest BCUT2D eigenvalue weighted by molar-refractivity contribution is -0.124. The van der Waals surface area contributed by atoms with Gasteiger partial charge in [-0.1, -0.05) is 12.8 Å². The zero-order valence-corrected chi connectivity index (χ0v) is 10.4. The molecule has 0 saturated heterocycles. The third-order valence-electron chi connectivity index (χ3n) is 3.11. The van der Waals surface area contributed by atoms with Gasteiger partial charge in [-0.15, -0.1) is 0 Å². The molecule has 0 radical (unpaired) electrons. The third kappa shape index (κ3) is 3.46. The lowest BCUT2D eigenvalue weighted by Crippen LogP contribution is -2.42. The Labute approximate surface area is 105 Å². The van der Waals surface area contributed by atoms with Gasteiger partial charge in [0.2, 0.25) is 0 Å². The SMILES string of the molecule is Cc1cc(OCC(=O)NCC2(O)CCCC2)no1. The number of aromatic nitrogens is 1. The van der Waals surface area contributed by atoms with Crippen LogP contribution in [0, 0.1) is 6.92 Å². The topological polar surface area (TPSA) is 84.6 Å². The van der Waals surface area contributed by atoms with Gasteiger partial charge in [0.15, 0.2) is 6.61 Å². The van der Waals surface area contributed by atoms with Crippen molar-refractivity contribution in [3.63, 3.8) is 0 Å². The van der Waals surface area contributed by atoms with Crippen molar-refractivity contribution in [2.24, 2.45) is 0 Å². The molecule has 1 saturated carbocycles. The van der Waals surface area contributed by atoms with E-state index in [9.17, 15) is 9.90 Å². The van der Waals surface area contributed by atoms with Gasteiger partial charge in [-0.05, 0) is 24.9 Å². The molecule has 2 rings (SSSR count). The van der Waals surface area contributed by atoms with E-state index in [1.54, 1.807) is 13.0 Å². The fourth-order valence-electron chi connectivity index (χ4n) is 2.08. The average molecular weight is 254 g/mol. The normalized spacial score (nSPS) is 17.7. The molecule has 1 amide bonds. The number of aryl methyl sites for hydroxylation is 1. The summed E-state index contributed by atoms with van der Waals surface area (Å²) in [6.45, 7) is 1.91. The van der Waals surface area contributed by atoms with Crippen LogP contribution in [0.2, 0.25) is 0 Å². The van der Waals surface area contributed by atoms with Crippen molar-refractivity contribution in [3.05, 3.63) is 11.8 Å². The van der Waals surface area contributed by atoms with E-state index >= 15 is 0 Å². The van der Waals surface area contributed by atoms with E-state index < -0.39 is 5.60 Å². The minimum Gasteiger partial charge on any atom is -0.465 e. The summed E-state index contributed by atoms with van der Waals surface area (Å²) in [7, 11) is 0. The molecular formula is C12H18N2O4. The predicted molar refractivity (Wildman–Crippen MR) is 63.2 cm³/mol. The number of carbonyl (C=O) groups excluding carboxylic acids is 1. The van der Waals surface area contributed by atoms with E-state index in [1.165, 1.54) is 0 Å². The minimum atomic E-state index is -0.736. The fraction of sp³-hybridized carbons (Fsp3) is 0.667. The Bertz CT molecular complexity index is 410. The molecule has 1 heterocycles. The summed E-state index contributed by atoms with van der Waals surface area (Å²) in [6, 6.07) is 1.61. The Balaban J connectivity index is 1.69. The molecule has 100 valence electrons. The van der Waals surface area contributed by atoms with Gasteiger partial charge >= 0.3 is 0 Å². The van der Waals surface area contributed by atoms with Crippen molar-refractivity contribution < 1.29 is 19.2 Å². The van der Waals surface area contributed by atoms with Crippen molar-refractivity contribution in [2.75, 3.05) is 13.2 Å². The maximum absolute atomic E-state index is 11.5. The van der Waals surface area contributed by atoms with Crippen molar-refractivity contribution in [2.45, 2.75) is 38.2 Å². The first-order valence-corrected chi connectivity index (χ1v) is 6.13. The van der Waals surface area contributed by atoms with E-state index in [4.69, 9.17) is 9.26 Å². The predicted octanol–water partition coefficient (Wildman–Crippen LogP) is 0.783. The van der Waals surface area contributed by atoms with Gasteiger partial charge < -0.3 is 19.7 Å². The second-order valence-corrected chi connectivity index (χ2v) is 4.77. The molecule has 1 aromatic heterocycles. The maximum Gasteiger partial charge on any atom is 0.258 e. The summed E-state index contributed by atoms with van der Waals surface area (Å²) in [4.78, 5) is 11.5. The molecule has 0 unspecified atom stereocenters. The van der Waals surface area contributed by atoms with Gasteiger partial charge in [0.1, 0.15) is 5.76 Å². The molecule has 0 atom stereocenters. The molecular weight excluding hydrogens is 236 g/mol. The van der Waals surface area contributed by atoms with Gasteiger partial charge in [0.25, 0.3) is 11.8 Å². The summed E-state index contributed by atoms with van der Waals surface area (Å²) in [5.41, 5.74) is -0.736. The van der Waals surface area contributed by atoms with E-state index in [1.807, 2.05) is 0 Å².